The first-order valence-electron chi connectivity index (χ1n) is 6.46. The second-order valence-electron chi connectivity index (χ2n) is 4.33. The summed E-state index contributed by atoms with van der Waals surface area (Å²) in [5.74, 6) is 0.682. The Morgan fingerprint density at radius 2 is 1.81 bits per heavy atom. The molecule has 21 heavy (non-hydrogen) atoms. The Labute approximate surface area is 140 Å². The standard InChI is InChI=1S/C16H14Br2O3/c1-2-11-3-6-13(7-4-11)21-16(19)10-20-15-8-5-12(17)9-14(15)18/h3-9H,2,10H2,1H3. The van der Waals surface area contributed by atoms with Crippen LogP contribution in [0.15, 0.2) is 51.4 Å². The van der Waals surface area contributed by atoms with Crippen molar-refractivity contribution in [1.82, 2.24) is 0 Å². The van der Waals surface area contributed by atoms with E-state index < -0.39 is 5.97 Å². The van der Waals surface area contributed by atoms with Crippen LogP contribution in [0.5, 0.6) is 11.5 Å². The number of aryl methyl sites for hydroxylation is 1. The number of esters is 1. The molecule has 0 aliphatic heterocycles. The summed E-state index contributed by atoms with van der Waals surface area (Å²) in [5.41, 5.74) is 1.20. The normalized spacial score (nSPS) is 10.2. The maximum atomic E-state index is 11.7. The van der Waals surface area contributed by atoms with Gasteiger partial charge in [-0.05, 0) is 58.2 Å². The van der Waals surface area contributed by atoms with Gasteiger partial charge in [0.15, 0.2) is 6.61 Å². The van der Waals surface area contributed by atoms with Gasteiger partial charge in [0.05, 0.1) is 4.47 Å². The highest BCUT2D eigenvalue weighted by molar-refractivity contribution is 9.11. The third kappa shape index (κ3) is 4.86. The monoisotopic (exact) mass is 412 g/mol. The van der Waals surface area contributed by atoms with Gasteiger partial charge in [-0.2, -0.15) is 0 Å². The molecule has 5 heteroatoms. The Morgan fingerprint density at radius 3 is 2.43 bits per heavy atom. The summed E-state index contributed by atoms with van der Waals surface area (Å²) in [4.78, 5) is 11.7. The number of benzene rings is 2. The van der Waals surface area contributed by atoms with E-state index in [4.69, 9.17) is 9.47 Å². The lowest BCUT2D eigenvalue weighted by atomic mass is 10.2. The number of halogens is 2. The summed E-state index contributed by atoms with van der Waals surface area (Å²) in [6.07, 6.45) is 0.953. The number of ether oxygens (including phenoxy) is 2. The van der Waals surface area contributed by atoms with Crippen LogP contribution in [0.25, 0.3) is 0 Å². The first-order valence-corrected chi connectivity index (χ1v) is 8.04. The molecule has 0 fully saturated rings. The quantitative estimate of drug-likeness (QED) is 0.523. The van der Waals surface area contributed by atoms with Crippen molar-refractivity contribution in [2.45, 2.75) is 13.3 Å². The lowest BCUT2D eigenvalue weighted by Crippen LogP contribution is -2.17. The first-order chi connectivity index (χ1) is 10.1. The summed E-state index contributed by atoms with van der Waals surface area (Å²) in [6.45, 7) is 1.93. The number of carbonyl (C=O) groups is 1. The molecule has 0 radical (unpaired) electrons. The van der Waals surface area contributed by atoms with E-state index in [-0.39, 0.29) is 6.61 Å². The highest BCUT2D eigenvalue weighted by Gasteiger charge is 2.08. The van der Waals surface area contributed by atoms with Gasteiger partial charge in [0.1, 0.15) is 11.5 Å². The minimum absolute atomic E-state index is 0.143. The van der Waals surface area contributed by atoms with Gasteiger partial charge in [-0.15, -0.1) is 0 Å². The molecule has 0 atom stereocenters. The molecule has 0 saturated heterocycles. The van der Waals surface area contributed by atoms with Crippen molar-refractivity contribution in [3.8, 4) is 11.5 Å². The fourth-order valence-corrected chi connectivity index (χ4v) is 2.84. The zero-order valence-corrected chi connectivity index (χ0v) is 14.6. The molecule has 0 spiro atoms. The van der Waals surface area contributed by atoms with Crippen molar-refractivity contribution in [2.24, 2.45) is 0 Å². The average Bonchev–Trinajstić information content (AvgIpc) is 2.47. The molecule has 0 saturated carbocycles. The van der Waals surface area contributed by atoms with E-state index in [2.05, 4.69) is 38.8 Å². The fourth-order valence-electron chi connectivity index (χ4n) is 1.68. The SMILES string of the molecule is CCc1ccc(OC(=O)COc2ccc(Br)cc2Br)cc1. The zero-order chi connectivity index (χ0) is 15.2. The molecular formula is C16H14Br2O3. The maximum absolute atomic E-state index is 11.7. The zero-order valence-electron chi connectivity index (χ0n) is 11.4. The minimum Gasteiger partial charge on any atom is -0.481 e. The third-order valence-corrected chi connectivity index (χ3v) is 3.92. The van der Waals surface area contributed by atoms with Crippen molar-refractivity contribution in [2.75, 3.05) is 6.61 Å². The smallest absolute Gasteiger partial charge is 0.349 e. The van der Waals surface area contributed by atoms with Crippen LogP contribution in [0.3, 0.4) is 0 Å². The molecule has 0 unspecified atom stereocenters. The Bertz CT molecular complexity index is 624. The summed E-state index contributed by atoms with van der Waals surface area (Å²) < 4.78 is 12.3. The predicted octanol–water partition coefficient (Wildman–Crippen LogP) is 4.76. The Balaban J connectivity index is 1.89. The molecule has 2 aromatic rings. The lowest BCUT2D eigenvalue weighted by Gasteiger charge is -2.08. The van der Waals surface area contributed by atoms with Crippen molar-refractivity contribution in [1.29, 1.82) is 0 Å². The van der Waals surface area contributed by atoms with Crippen LogP contribution >= 0.6 is 31.9 Å². The number of hydrogen-bond donors (Lipinski definition) is 0. The molecule has 110 valence electrons. The van der Waals surface area contributed by atoms with Gasteiger partial charge in [0.25, 0.3) is 0 Å². The van der Waals surface area contributed by atoms with E-state index in [1.54, 1.807) is 18.2 Å². The van der Waals surface area contributed by atoms with Crippen LogP contribution in [0.1, 0.15) is 12.5 Å². The van der Waals surface area contributed by atoms with Crippen LogP contribution in [-0.2, 0) is 11.2 Å². The molecule has 2 rings (SSSR count). The van der Waals surface area contributed by atoms with Gasteiger partial charge < -0.3 is 9.47 Å². The van der Waals surface area contributed by atoms with Gasteiger partial charge in [-0.25, -0.2) is 4.79 Å². The highest BCUT2D eigenvalue weighted by Crippen LogP contribution is 2.28. The summed E-state index contributed by atoms with van der Waals surface area (Å²) in [7, 11) is 0. The second-order valence-corrected chi connectivity index (χ2v) is 6.11. The van der Waals surface area contributed by atoms with Gasteiger partial charge in [-0.1, -0.05) is 35.0 Å². The molecule has 0 amide bonds. The van der Waals surface area contributed by atoms with E-state index in [1.165, 1.54) is 5.56 Å². The van der Waals surface area contributed by atoms with Crippen molar-refractivity contribution in [3.05, 3.63) is 57.0 Å². The largest absolute Gasteiger partial charge is 0.481 e. The van der Waals surface area contributed by atoms with Crippen LogP contribution in [-0.4, -0.2) is 12.6 Å². The van der Waals surface area contributed by atoms with Gasteiger partial charge in [0, 0.05) is 4.47 Å². The second kappa shape index (κ2) is 7.61. The lowest BCUT2D eigenvalue weighted by molar-refractivity contribution is -0.136. The number of rotatable bonds is 5. The maximum Gasteiger partial charge on any atom is 0.349 e. The Hall–Kier alpha value is -1.33. The summed E-state index contributed by atoms with van der Waals surface area (Å²) >= 11 is 6.73. The van der Waals surface area contributed by atoms with Gasteiger partial charge >= 0.3 is 5.97 Å². The van der Waals surface area contributed by atoms with Crippen LogP contribution < -0.4 is 9.47 Å². The number of carbonyl (C=O) groups excluding carboxylic acids is 1. The fraction of sp³-hybridized carbons (Fsp3) is 0.188. The molecule has 0 aliphatic rings. The van der Waals surface area contributed by atoms with E-state index >= 15 is 0 Å². The van der Waals surface area contributed by atoms with Crippen LogP contribution in [0.2, 0.25) is 0 Å². The summed E-state index contributed by atoms with van der Waals surface area (Å²) in [6, 6.07) is 12.9. The molecule has 2 aromatic carbocycles. The van der Waals surface area contributed by atoms with Crippen LogP contribution in [0, 0.1) is 0 Å². The number of hydrogen-bond acceptors (Lipinski definition) is 3. The average molecular weight is 414 g/mol. The predicted molar refractivity (Wildman–Crippen MR) is 88.8 cm³/mol. The van der Waals surface area contributed by atoms with Gasteiger partial charge in [0.2, 0.25) is 0 Å². The molecular weight excluding hydrogens is 400 g/mol. The van der Waals surface area contributed by atoms with Crippen molar-refractivity contribution < 1.29 is 14.3 Å². The molecule has 0 aliphatic carbocycles. The van der Waals surface area contributed by atoms with E-state index in [0.29, 0.717) is 11.5 Å². The van der Waals surface area contributed by atoms with E-state index in [1.807, 2.05) is 24.3 Å². The van der Waals surface area contributed by atoms with Crippen molar-refractivity contribution >= 4 is 37.8 Å². The summed E-state index contributed by atoms with van der Waals surface area (Å²) in [5, 5.41) is 0. The molecule has 3 nitrogen and oxygen atoms in total. The molecule has 0 heterocycles. The molecule has 0 aromatic heterocycles. The molecule has 0 bridgehead atoms. The topological polar surface area (TPSA) is 35.5 Å². The third-order valence-electron chi connectivity index (χ3n) is 2.80. The minimum atomic E-state index is -0.436. The van der Waals surface area contributed by atoms with Crippen LogP contribution in [0.4, 0.5) is 0 Å². The molecule has 0 N–H and O–H groups in total. The van der Waals surface area contributed by atoms with E-state index in [0.717, 1.165) is 15.4 Å². The van der Waals surface area contributed by atoms with E-state index in [9.17, 15) is 4.79 Å². The Morgan fingerprint density at radius 1 is 1.10 bits per heavy atom. The van der Waals surface area contributed by atoms with Crippen molar-refractivity contribution in [3.63, 3.8) is 0 Å². The highest BCUT2D eigenvalue weighted by atomic mass is 79.9. The van der Waals surface area contributed by atoms with Gasteiger partial charge in [-0.3, -0.25) is 0 Å². The Kier molecular flexibility index (Phi) is 5.82. The first kappa shape index (κ1) is 16.0.